The second kappa shape index (κ2) is 3.88. The van der Waals surface area contributed by atoms with Crippen molar-refractivity contribution in [3.8, 4) is 5.75 Å². The zero-order valence-electron chi connectivity index (χ0n) is 10.2. The molecule has 3 rings (SSSR count). The van der Waals surface area contributed by atoms with Crippen LogP contribution in [-0.4, -0.2) is 7.11 Å². The molecule has 3 aromatic rings. The normalized spacial score (nSPS) is 11.0. The number of hydrogen-bond acceptors (Lipinski definition) is 3. The summed E-state index contributed by atoms with van der Waals surface area (Å²) in [6.07, 6.45) is 0. The zero-order valence-corrected chi connectivity index (χ0v) is 10.2. The Hall–Kier alpha value is -2.29. The molecule has 0 saturated carbocycles. The molecule has 3 heteroatoms. The lowest BCUT2D eigenvalue weighted by Crippen LogP contribution is -1.96. The highest BCUT2D eigenvalue weighted by molar-refractivity contribution is 6.07. The minimum Gasteiger partial charge on any atom is -0.496 e. The van der Waals surface area contributed by atoms with Crippen LogP contribution in [0, 0.1) is 6.92 Å². The van der Waals surface area contributed by atoms with Crippen LogP contribution in [0.5, 0.6) is 5.75 Å². The van der Waals surface area contributed by atoms with Crippen LogP contribution >= 0.6 is 0 Å². The quantitative estimate of drug-likeness (QED) is 0.484. The van der Waals surface area contributed by atoms with E-state index in [2.05, 4.69) is 0 Å². The zero-order chi connectivity index (χ0) is 12.7. The molecule has 0 aliphatic heterocycles. The maximum atomic E-state index is 11.4. The molecule has 0 amide bonds. The van der Waals surface area contributed by atoms with Crippen LogP contribution in [-0.2, 0) is 0 Å². The van der Waals surface area contributed by atoms with Gasteiger partial charge in [-0.3, -0.25) is 0 Å². The molecule has 0 N–H and O–H groups in total. The highest BCUT2D eigenvalue weighted by Crippen LogP contribution is 2.32. The van der Waals surface area contributed by atoms with Crippen LogP contribution in [0.25, 0.3) is 21.7 Å². The maximum absolute atomic E-state index is 11.4. The van der Waals surface area contributed by atoms with Crippen molar-refractivity contribution >= 4 is 21.7 Å². The third-order valence-corrected chi connectivity index (χ3v) is 3.06. The molecule has 0 aliphatic carbocycles. The van der Waals surface area contributed by atoms with Gasteiger partial charge in [-0.1, -0.05) is 23.8 Å². The summed E-state index contributed by atoms with van der Waals surface area (Å²) >= 11 is 0. The molecule has 0 radical (unpaired) electrons. The second-order valence-corrected chi connectivity index (χ2v) is 4.30. The summed E-state index contributed by atoms with van der Waals surface area (Å²) in [5.74, 6) is 0.715. The molecule has 0 saturated heterocycles. The van der Waals surface area contributed by atoms with E-state index in [1.54, 1.807) is 13.2 Å². The number of rotatable bonds is 1. The van der Waals surface area contributed by atoms with Gasteiger partial charge in [-0.25, -0.2) is 4.79 Å². The summed E-state index contributed by atoms with van der Waals surface area (Å²) in [5.41, 5.74) is 1.39. The molecule has 1 aromatic heterocycles. The summed E-state index contributed by atoms with van der Waals surface area (Å²) < 4.78 is 10.7. The monoisotopic (exact) mass is 240 g/mol. The number of benzene rings is 2. The van der Waals surface area contributed by atoms with Crippen molar-refractivity contribution in [2.24, 2.45) is 0 Å². The molecule has 0 bridgehead atoms. The van der Waals surface area contributed by atoms with Gasteiger partial charge < -0.3 is 9.15 Å². The van der Waals surface area contributed by atoms with Gasteiger partial charge >= 0.3 is 5.63 Å². The topological polar surface area (TPSA) is 39.4 Å². The van der Waals surface area contributed by atoms with E-state index in [9.17, 15) is 4.79 Å². The summed E-state index contributed by atoms with van der Waals surface area (Å²) in [4.78, 5) is 11.4. The predicted octanol–water partition coefficient (Wildman–Crippen LogP) is 3.26. The van der Waals surface area contributed by atoms with Crippen LogP contribution in [0.15, 0.2) is 45.6 Å². The van der Waals surface area contributed by atoms with Gasteiger partial charge in [0, 0.05) is 11.5 Å². The second-order valence-electron chi connectivity index (χ2n) is 4.30. The van der Waals surface area contributed by atoms with Gasteiger partial charge in [0.05, 0.1) is 12.5 Å². The number of fused-ring (bicyclic) bond motifs is 3. The first-order valence-electron chi connectivity index (χ1n) is 5.70. The van der Waals surface area contributed by atoms with E-state index in [1.807, 2.05) is 31.2 Å². The SMILES string of the molecule is COc1cc2cc(C)ccc2c2oc(=O)ccc12. The fraction of sp³-hybridized carbons (Fsp3) is 0.133. The fourth-order valence-corrected chi connectivity index (χ4v) is 2.21. The molecule has 2 aromatic carbocycles. The Morgan fingerprint density at radius 3 is 2.61 bits per heavy atom. The summed E-state index contributed by atoms with van der Waals surface area (Å²) in [6, 6.07) is 11.1. The smallest absolute Gasteiger partial charge is 0.336 e. The molecule has 90 valence electrons. The lowest BCUT2D eigenvalue weighted by atomic mass is 10.0. The van der Waals surface area contributed by atoms with Crippen molar-refractivity contribution < 1.29 is 9.15 Å². The Labute approximate surface area is 104 Å². The minimum absolute atomic E-state index is 0.349. The van der Waals surface area contributed by atoms with E-state index < -0.39 is 0 Å². The lowest BCUT2D eigenvalue weighted by molar-refractivity contribution is 0.419. The van der Waals surface area contributed by atoms with E-state index in [0.29, 0.717) is 11.3 Å². The first-order chi connectivity index (χ1) is 8.69. The Morgan fingerprint density at radius 2 is 1.83 bits per heavy atom. The number of ether oxygens (including phenoxy) is 1. The van der Waals surface area contributed by atoms with Gasteiger partial charge in [0.15, 0.2) is 0 Å². The summed E-state index contributed by atoms with van der Waals surface area (Å²) in [7, 11) is 1.61. The lowest BCUT2D eigenvalue weighted by Gasteiger charge is -2.08. The molecule has 18 heavy (non-hydrogen) atoms. The fourth-order valence-electron chi connectivity index (χ4n) is 2.21. The molecular weight excluding hydrogens is 228 g/mol. The van der Waals surface area contributed by atoms with Gasteiger partial charge in [0.1, 0.15) is 11.3 Å². The molecule has 1 heterocycles. The number of hydrogen-bond donors (Lipinski definition) is 0. The average molecular weight is 240 g/mol. The van der Waals surface area contributed by atoms with E-state index in [4.69, 9.17) is 9.15 Å². The van der Waals surface area contributed by atoms with Gasteiger partial charge in [-0.05, 0) is 24.4 Å². The van der Waals surface area contributed by atoms with Gasteiger partial charge in [0.25, 0.3) is 0 Å². The summed E-state index contributed by atoms with van der Waals surface area (Å²) in [5, 5.41) is 2.75. The van der Waals surface area contributed by atoms with E-state index in [-0.39, 0.29) is 5.63 Å². The predicted molar refractivity (Wildman–Crippen MR) is 71.3 cm³/mol. The summed E-state index contributed by atoms with van der Waals surface area (Å²) in [6.45, 7) is 2.03. The Kier molecular flexibility index (Phi) is 2.33. The Balaban J connectivity index is 2.58. The third kappa shape index (κ3) is 1.56. The molecule has 3 nitrogen and oxygen atoms in total. The van der Waals surface area contributed by atoms with Crippen LogP contribution in [0.2, 0.25) is 0 Å². The minimum atomic E-state index is -0.349. The third-order valence-electron chi connectivity index (χ3n) is 3.06. The Morgan fingerprint density at radius 1 is 1.06 bits per heavy atom. The molecule has 0 fully saturated rings. The average Bonchev–Trinajstić information content (AvgIpc) is 2.37. The van der Waals surface area contributed by atoms with Crippen LogP contribution < -0.4 is 10.4 Å². The standard InChI is InChI=1S/C15H12O3/c1-9-3-4-11-10(7-9)8-13(17-2)12-5-6-14(16)18-15(11)12/h3-8H,1-2H3. The van der Waals surface area contributed by atoms with Crippen molar-refractivity contribution in [1.82, 2.24) is 0 Å². The van der Waals surface area contributed by atoms with E-state index in [1.165, 1.54) is 6.07 Å². The molecule has 0 unspecified atom stereocenters. The molecule has 0 spiro atoms. The first-order valence-corrected chi connectivity index (χ1v) is 5.70. The van der Waals surface area contributed by atoms with E-state index >= 15 is 0 Å². The number of aryl methyl sites for hydroxylation is 1. The first kappa shape index (κ1) is 10.8. The van der Waals surface area contributed by atoms with Crippen LogP contribution in [0.4, 0.5) is 0 Å². The molecular formula is C15H12O3. The maximum Gasteiger partial charge on any atom is 0.336 e. The van der Waals surface area contributed by atoms with Crippen LogP contribution in [0.1, 0.15) is 5.56 Å². The molecule has 0 aliphatic rings. The van der Waals surface area contributed by atoms with Crippen molar-refractivity contribution in [3.63, 3.8) is 0 Å². The van der Waals surface area contributed by atoms with Gasteiger partial charge in [-0.15, -0.1) is 0 Å². The van der Waals surface area contributed by atoms with E-state index in [0.717, 1.165) is 21.7 Å². The van der Waals surface area contributed by atoms with Gasteiger partial charge in [0.2, 0.25) is 0 Å². The van der Waals surface area contributed by atoms with Crippen molar-refractivity contribution in [1.29, 1.82) is 0 Å². The Bertz CT molecular complexity index is 800. The highest BCUT2D eigenvalue weighted by Gasteiger charge is 2.09. The van der Waals surface area contributed by atoms with Crippen molar-refractivity contribution in [2.45, 2.75) is 6.92 Å². The largest absolute Gasteiger partial charge is 0.496 e. The highest BCUT2D eigenvalue weighted by atomic mass is 16.5. The number of methoxy groups -OCH3 is 1. The van der Waals surface area contributed by atoms with Crippen LogP contribution in [0.3, 0.4) is 0 Å². The van der Waals surface area contributed by atoms with Gasteiger partial charge in [-0.2, -0.15) is 0 Å². The molecule has 0 atom stereocenters. The van der Waals surface area contributed by atoms with Crippen molar-refractivity contribution in [2.75, 3.05) is 7.11 Å². The van der Waals surface area contributed by atoms with Crippen molar-refractivity contribution in [3.05, 3.63) is 52.4 Å².